The largest absolute Gasteiger partial charge is 0.480 e. The summed E-state index contributed by atoms with van der Waals surface area (Å²) < 4.78 is 6.01. The molecule has 1 unspecified atom stereocenters. The molecule has 0 spiro atoms. The lowest BCUT2D eigenvalue weighted by molar-refractivity contribution is -0.150. The molecule has 6 nitrogen and oxygen atoms in total. The van der Waals surface area contributed by atoms with Crippen LogP contribution >= 0.6 is 0 Å². The van der Waals surface area contributed by atoms with E-state index in [2.05, 4.69) is 55.6 Å². The molecule has 2 N–H and O–H groups in total. The number of ether oxygens (including phenoxy) is 1. The van der Waals surface area contributed by atoms with Gasteiger partial charge in [0.2, 0.25) is 5.91 Å². The Labute approximate surface area is 321 Å². The summed E-state index contributed by atoms with van der Waals surface area (Å²) in [6, 6.07) is 0. The zero-order valence-electron chi connectivity index (χ0n) is 34.2. The molecule has 0 saturated carbocycles. The lowest BCUT2D eigenvalue weighted by atomic mass is 10.0. The van der Waals surface area contributed by atoms with Gasteiger partial charge >= 0.3 is 11.9 Å². The molecule has 1 atom stereocenters. The Hall–Kier alpha value is -2.37. The van der Waals surface area contributed by atoms with Crippen LogP contribution in [0.4, 0.5) is 0 Å². The van der Waals surface area contributed by atoms with Crippen molar-refractivity contribution in [1.82, 2.24) is 5.32 Å². The summed E-state index contributed by atoms with van der Waals surface area (Å²) in [7, 11) is 0. The minimum Gasteiger partial charge on any atom is -0.480 e. The average Bonchev–Trinajstić information content (AvgIpc) is 3.13. The van der Waals surface area contributed by atoms with Gasteiger partial charge in [0.1, 0.15) is 12.6 Å². The fourth-order valence-electron chi connectivity index (χ4n) is 6.49. The van der Waals surface area contributed by atoms with Crippen LogP contribution in [0.25, 0.3) is 0 Å². The van der Waals surface area contributed by atoms with Gasteiger partial charge in [-0.3, -0.25) is 14.4 Å². The Bertz CT molecular complexity index is 895. The standard InChI is InChI=1S/C46H83NO5/c1-3-5-7-9-11-13-15-16-17-18-19-20-21-22-24-26-28-33-37-41-46(51)52-43(38-34-30-27-25-23-14-12-10-8-6-4-2)39-35-31-29-32-36-40-44(48)47-42-45(49)50/h11,13,16-17,25,27,43H,3-10,12,14-15,18-24,26,28-42H2,1-2H3,(H,47,48)(H,49,50)/b13-11-,17-16-,27-25-. The van der Waals surface area contributed by atoms with Crippen molar-refractivity contribution in [3.05, 3.63) is 36.5 Å². The second kappa shape index (κ2) is 41.4. The van der Waals surface area contributed by atoms with Gasteiger partial charge in [0.05, 0.1) is 0 Å². The summed E-state index contributed by atoms with van der Waals surface area (Å²) in [5.74, 6) is -1.25. The van der Waals surface area contributed by atoms with Gasteiger partial charge < -0.3 is 15.2 Å². The van der Waals surface area contributed by atoms with Crippen molar-refractivity contribution in [2.75, 3.05) is 6.54 Å². The Kier molecular flexibility index (Phi) is 39.5. The molecule has 52 heavy (non-hydrogen) atoms. The minimum atomic E-state index is -1.02. The number of nitrogens with one attached hydrogen (secondary N) is 1. The van der Waals surface area contributed by atoms with Crippen molar-refractivity contribution >= 4 is 17.8 Å². The number of carbonyl (C=O) groups excluding carboxylic acids is 2. The first-order valence-electron chi connectivity index (χ1n) is 22.1. The lowest BCUT2D eigenvalue weighted by Gasteiger charge is -2.18. The molecule has 0 aliphatic carbocycles. The van der Waals surface area contributed by atoms with Gasteiger partial charge in [0.15, 0.2) is 0 Å². The second-order valence-corrected chi connectivity index (χ2v) is 14.9. The molecule has 0 aromatic heterocycles. The van der Waals surface area contributed by atoms with Gasteiger partial charge in [-0.05, 0) is 89.9 Å². The van der Waals surface area contributed by atoms with E-state index in [4.69, 9.17) is 9.84 Å². The first kappa shape index (κ1) is 49.6. The quantitative estimate of drug-likeness (QED) is 0.0372. The maximum absolute atomic E-state index is 12.8. The van der Waals surface area contributed by atoms with Crippen LogP contribution in [0.1, 0.15) is 226 Å². The first-order valence-corrected chi connectivity index (χ1v) is 22.1. The van der Waals surface area contributed by atoms with Gasteiger partial charge in [-0.2, -0.15) is 0 Å². The highest BCUT2D eigenvalue weighted by atomic mass is 16.5. The lowest BCUT2D eigenvalue weighted by Crippen LogP contribution is -2.28. The highest BCUT2D eigenvalue weighted by molar-refractivity contribution is 5.80. The van der Waals surface area contributed by atoms with Crippen molar-refractivity contribution in [3.63, 3.8) is 0 Å². The van der Waals surface area contributed by atoms with Crippen molar-refractivity contribution in [2.45, 2.75) is 232 Å². The number of hydrogen-bond acceptors (Lipinski definition) is 4. The SMILES string of the molecule is CCCCC/C=C\C/C=C\CCCCCCCCCCCC(=O)OC(CCC/C=C\CCCCCCCC)CCCCCCCC(=O)NCC(=O)O. The van der Waals surface area contributed by atoms with E-state index in [1.807, 2.05) is 0 Å². The topological polar surface area (TPSA) is 92.7 Å². The van der Waals surface area contributed by atoms with E-state index in [1.54, 1.807) is 0 Å². The fourth-order valence-corrected chi connectivity index (χ4v) is 6.49. The number of esters is 1. The van der Waals surface area contributed by atoms with Gasteiger partial charge in [-0.25, -0.2) is 0 Å². The molecular weight excluding hydrogens is 647 g/mol. The summed E-state index contributed by atoms with van der Waals surface area (Å²) >= 11 is 0. The third kappa shape index (κ3) is 40.4. The molecule has 0 aliphatic rings. The Balaban J connectivity index is 4.12. The fraction of sp³-hybridized carbons (Fsp3) is 0.804. The molecule has 0 radical (unpaired) electrons. The van der Waals surface area contributed by atoms with E-state index in [1.165, 1.54) is 122 Å². The third-order valence-corrected chi connectivity index (χ3v) is 9.78. The third-order valence-electron chi connectivity index (χ3n) is 9.78. The second-order valence-electron chi connectivity index (χ2n) is 14.9. The Morgan fingerprint density at radius 2 is 0.904 bits per heavy atom. The number of carbonyl (C=O) groups is 3. The summed E-state index contributed by atoms with van der Waals surface area (Å²) in [4.78, 5) is 35.0. The van der Waals surface area contributed by atoms with E-state index in [-0.39, 0.29) is 24.5 Å². The summed E-state index contributed by atoms with van der Waals surface area (Å²) in [5.41, 5.74) is 0. The molecule has 0 saturated heterocycles. The van der Waals surface area contributed by atoms with Gasteiger partial charge in [-0.15, -0.1) is 0 Å². The van der Waals surface area contributed by atoms with Crippen LogP contribution < -0.4 is 5.32 Å². The Morgan fingerprint density at radius 1 is 0.500 bits per heavy atom. The number of hydrogen-bond donors (Lipinski definition) is 2. The molecule has 6 heteroatoms. The maximum atomic E-state index is 12.8. The molecule has 0 fully saturated rings. The molecular formula is C46H83NO5. The van der Waals surface area contributed by atoms with Crippen LogP contribution in [0.15, 0.2) is 36.5 Å². The monoisotopic (exact) mass is 730 g/mol. The van der Waals surface area contributed by atoms with Crippen molar-refractivity contribution < 1.29 is 24.2 Å². The number of allylic oxidation sites excluding steroid dienone is 6. The van der Waals surface area contributed by atoms with Crippen molar-refractivity contribution in [3.8, 4) is 0 Å². The van der Waals surface area contributed by atoms with Crippen LogP contribution in [0.5, 0.6) is 0 Å². The van der Waals surface area contributed by atoms with E-state index >= 15 is 0 Å². The number of aliphatic carboxylic acids is 1. The molecule has 302 valence electrons. The van der Waals surface area contributed by atoms with E-state index in [0.29, 0.717) is 12.8 Å². The molecule has 1 amide bonds. The van der Waals surface area contributed by atoms with E-state index < -0.39 is 5.97 Å². The molecule has 0 aromatic rings. The van der Waals surface area contributed by atoms with Crippen molar-refractivity contribution in [1.29, 1.82) is 0 Å². The number of rotatable bonds is 40. The van der Waals surface area contributed by atoms with Crippen LogP contribution in [-0.4, -0.2) is 35.6 Å². The van der Waals surface area contributed by atoms with Crippen molar-refractivity contribution in [2.24, 2.45) is 0 Å². The first-order chi connectivity index (χ1) is 25.5. The smallest absolute Gasteiger partial charge is 0.322 e. The highest BCUT2D eigenvalue weighted by Gasteiger charge is 2.14. The maximum Gasteiger partial charge on any atom is 0.322 e. The predicted molar refractivity (Wildman–Crippen MR) is 222 cm³/mol. The Morgan fingerprint density at radius 3 is 1.46 bits per heavy atom. The minimum absolute atomic E-state index is 0.00564. The predicted octanol–water partition coefficient (Wildman–Crippen LogP) is 13.7. The zero-order valence-corrected chi connectivity index (χ0v) is 34.2. The summed E-state index contributed by atoms with van der Waals surface area (Å²) in [6.45, 7) is 4.20. The molecule has 0 aromatic carbocycles. The zero-order chi connectivity index (χ0) is 38.0. The number of amides is 1. The summed E-state index contributed by atoms with van der Waals surface area (Å²) in [6.07, 6.45) is 51.3. The van der Waals surface area contributed by atoms with Crippen LogP contribution in [0, 0.1) is 0 Å². The molecule has 0 rings (SSSR count). The number of carboxylic acid groups (broad SMARTS) is 1. The normalized spacial score (nSPS) is 12.3. The average molecular weight is 730 g/mol. The van der Waals surface area contributed by atoms with Gasteiger partial charge in [0.25, 0.3) is 0 Å². The highest BCUT2D eigenvalue weighted by Crippen LogP contribution is 2.18. The van der Waals surface area contributed by atoms with E-state index in [9.17, 15) is 14.4 Å². The number of carboxylic acids is 1. The van der Waals surface area contributed by atoms with Crippen LogP contribution in [0.3, 0.4) is 0 Å². The molecule has 0 aliphatic heterocycles. The molecule has 0 heterocycles. The molecule has 0 bridgehead atoms. The van der Waals surface area contributed by atoms with Gasteiger partial charge in [-0.1, -0.05) is 159 Å². The summed E-state index contributed by atoms with van der Waals surface area (Å²) in [5, 5.41) is 11.1. The number of unbranched alkanes of at least 4 members (excludes halogenated alkanes) is 23. The van der Waals surface area contributed by atoms with Gasteiger partial charge in [0, 0.05) is 12.8 Å². The van der Waals surface area contributed by atoms with Crippen LogP contribution in [-0.2, 0) is 19.1 Å². The van der Waals surface area contributed by atoms with Crippen LogP contribution in [0.2, 0.25) is 0 Å². The van der Waals surface area contributed by atoms with E-state index in [0.717, 1.165) is 77.0 Å².